The second-order valence-corrected chi connectivity index (χ2v) is 5.03. The summed E-state index contributed by atoms with van der Waals surface area (Å²) in [6.07, 6.45) is 8.18. The maximum Gasteiger partial charge on any atom is 0.0992 e. The molecule has 1 fully saturated rings. The minimum absolute atomic E-state index is 0.398. The zero-order valence-corrected chi connectivity index (χ0v) is 11.1. The molecule has 4 nitrogen and oxygen atoms in total. The van der Waals surface area contributed by atoms with Gasteiger partial charge >= 0.3 is 0 Å². The Balaban J connectivity index is 1.83. The Morgan fingerprint density at radius 1 is 1.42 bits per heavy atom. The van der Waals surface area contributed by atoms with Crippen molar-refractivity contribution in [3.8, 4) is 5.69 Å². The van der Waals surface area contributed by atoms with E-state index in [1.54, 1.807) is 13.3 Å². The van der Waals surface area contributed by atoms with Gasteiger partial charge in [0.05, 0.1) is 30.4 Å². The molecule has 1 heterocycles. The van der Waals surface area contributed by atoms with Crippen LogP contribution in [-0.2, 0) is 4.74 Å². The highest BCUT2D eigenvalue weighted by Crippen LogP contribution is 2.35. The number of ether oxygens (including phenoxy) is 1. The first-order chi connectivity index (χ1) is 9.38. The maximum atomic E-state index is 5.33. The summed E-state index contributed by atoms with van der Waals surface area (Å²) < 4.78 is 7.35. The molecule has 0 radical (unpaired) electrons. The smallest absolute Gasteiger partial charge is 0.0992 e. The number of methoxy groups -OCH3 is 1. The number of anilines is 1. The highest BCUT2D eigenvalue weighted by atomic mass is 16.5. The summed E-state index contributed by atoms with van der Waals surface area (Å²) in [5, 5.41) is 3.63. The number of imidazole rings is 1. The number of nitrogens with one attached hydrogen (secondary N) is 1. The van der Waals surface area contributed by atoms with Crippen LogP contribution in [0.3, 0.4) is 0 Å². The van der Waals surface area contributed by atoms with Crippen molar-refractivity contribution >= 4 is 5.69 Å². The van der Waals surface area contributed by atoms with Crippen molar-refractivity contribution in [1.82, 2.24) is 9.55 Å². The van der Waals surface area contributed by atoms with Crippen molar-refractivity contribution in [2.45, 2.75) is 18.9 Å². The average Bonchev–Trinajstić information content (AvgIpc) is 3.14. The first kappa shape index (κ1) is 12.2. The van der Waals surface area contributed by atoms with Crippen LogP contribution in [0.15, 0.2) is 43.0 Å². The third-order valence-corrected chi connectivity index (χ3v) is 3.56. The minimum atomic E-state index is 0.398. The SMILES string of the molecule is COCC(Nc1ccccc1-n1ccnc1)C1CC1. The van der Waals surface area contributed by atoms with E-state index in [0.29, 0.717) is 6.04 Å². The summed E-state index contributed by atoms with van der Waals surface area (Å²) in [7, 11) is 1.76. The zero-order chi connectivity index (χ0) is 13.1. The number of nitrogens with zero attached hydrogens (tertiary/aromatic N) is 2. The van der Waals surface area contributed by atoms with Crippen molar-refractivity contribution in [2.24, 2.45) is 5.92 Å². The van der Waals surface area contributed by atoms with Gasteiger partial charge in [-0.2, -0.15) is 0 Å². The van der Waals surface area contributed by atoms with Crippen LogP contribution >= 0.6 is 0 Å². The van der Waals surface area contributed by atoms with Crippen LogP contribution in [0, 0.1) is 5.92 Å². The van der Waals surface area contributed by atoms with E-state index in [-0.39, 0.29) is 0 Å². The molecular weight excluding hydrogens is 238 g/mol. The van der Waals surface area contributed by atoms with Crippen LogP contribution in [0.2, 0.25) is 0 Å². The summed E-state index contributed by atoms with van der Waals surface area (Å²) in [4.78, 5) is 4.11. The van der Waals surface area contributed by atoms with E-state index in [1.807, 2.05) is 23.2 Å². The van der Waals surface area contributed by atoms with Crippen LogP contribution in [-0.4, -0.2) is 29.3 Å². The first-order valence-electron chi connectivity index (χ1n) is 6.71. The number of hydrogen-bond acceptors (Lipinski definition) is 3. The number of benzene rings is 1. The third-order valence-electron chi connectivity index (χ3n) is 3.56. The molecule has 4 heteroatoms. The molecule has 0 amide bonds. The van der Waals surface area contributed by atoms with Gasteiger partial charge in [-0.1, -0.05) is 12.1 Å². The number of hydrogen-bond donors (Lipinski definition) is 1. The summed E-state index contributed by atoms with van der Waals surface area (Å²) in [5.74, 6) is 0.746. The van der Waals surface area contributed by atoms with E-state index in [2.05, 4.69) is 28.5 Å². The molecule has 1 aromatic carbocycles. The Morgan fingerprint density at radius 2 is 2.26 bits per heavy atom. The molecule has 1 aliphatic carbocycles. The van der Waals surface area contributed by atoms with Gasteiger partial charge in [-0.05, 0) is 30.9 Å². The highest BCUT2D eigenvalue weighted by Gasteiger charge is 2.31. The van der Waals surface area contributed by atoms with Gasteiger partial charge in [0.15, 0.2) is 0 Å². The lowest BCUT2D eigenvalue weighted by atomic mass is 10.1. The van der Waals surface area contributed by atoms with E-state index in [4.69, 9.17) is 4.74 Å². The molecule has 0 aliphatic heterocycles. The van der Waals surface area contributed by atoms with Gasteiger partial charge in [0.1, 0.15) is 0 Å². The Morgan fingerprint density at radius 3 is 2.95 bits per heavy atom. The summed E-state index contributed by atoms with van der Waals surface area (Å²) in [6.45, 7) is 0.753. The topological polar surface area (TPSA) is 39.1 Å². The quantitative estimate of drug-likeness (QED) is 0.864. The molecule has 100 valence electrons. The Bertz CT molecular complexity index is 520. The third kappa shape index (κ3) is 2.79. The molecule has 0 spiro atoms. The minimum Gasteiger partial charge on any atom is -0.383 e. The molecular formula is C15H19N3O. The monoisotopic (exact) mass is 257 g/mol. The van der Waals surface area contributed by atoms with Gasteiger partial charge in [-0.15, -0.1) is 0 Å². The van der Waals surface area contributed by atoms with Crippen LogP contribution in [0.1, 0.15) is 12.8 Å². The lowest BCUT2D eigenvalue weighted by Crippen LogP contribution is -2.27. The lowest BCUT2D eigenvalue weighted by molar-refractivity contribution is 0.179. The van der Waals surface area contributed by atoms with E-state index in [1.165, 1.54) is 12.8 Å². The average molecular weight is 257 g/mol. The van der Waals surface area contributed by atoms with Gasteiger partial charge in [0, 0.05) is 19.5 Å². The Labute approximate surface area is 113 Å². The van der Waals surface area contributed by atoms with Crippen LogP contribution < -0.4 is 5.32 Å². The van der Waals surface area contributed by atoms with Crippen molar-refractivity contribution in [3.63, 3.8) is 0 Å². The number of para-hydroxylation sites is 2. The van der Waals surface area contributed by atoms with E-state index in [0.717, 1.165) is 23.9 Å². The molecule has 0 saturated heterocycles. The van der Waals surface area contributed by atoms with Crippen molar-refractivity contribution < 1.29 is 4.74 Å². The molecule has 2 aromatic rings. The summed E-state index contributed by atoms with van der Waals surface area (Å²) >= 11 is 0. The fraction of sp³-hybridized carbons (Fsp3) is 0.400. The molecule has 1 N–H and O–H groups in total. The predicted octanol–water partition coefficient (Wildman–Crippen LogP) is 2.71. The second kappa shape index (κ2) is 5.45. The standard InChI is InChI=1S/C15H19N3O/c1-19-10-14(12-6-7-12)17-13-4-2-3-5-15(13)18-9-8-16-11-18/h2-5,8-9,11-12,14,17H,6-7,10H2,1H3. The largest absolute Gasteiger partial charge is 0.383 e. The summed E-state index contributed by atoms with van der Waals surface area (Å²) in [5.41, 5.74) is 2.26. The van der Waals surface area contributed by atoms with Gasteiger partial charge in [-0.25, -0.2) is 4.98 Å². The summed E-state index contributed by atoms with van der Waals surface area (Å²) in [6, 6.07) is 8.71. The molecule has 1 aromatic heterocycles. The van der Waals surface area contributed by atoms with Crippen molar-refractivity contribution in [2.75, 3.05) is 19.0 Å². The van der Waals surface area contributed by atoms with E-state index >= 15 is 0 Å². The van der Waals surface area contributed by atoms with Crippen LogP contribution in [0.5, 0.6) is 0 Å². The Hall–Kier alpha value is -1.81. The van der Waals surface area contributed by atoms with Gasteiger partial charge in [0.2, 0.25) is 0 Å². The Kier molecular flexibility index (Phi) is 3.51. The van der Waals surface area contributed by atoms with Crippen molar-refractivity contribution in [1.29, 1.82) is 0 Å². The zero-order valence-electron chi connectivity index (χ0n) is 11.1. The molecule has 1 unspecified atom stereocenters. The van der Waals surface area contributed by atoms with Gasteiger partial charge in [0.25, 0.3) is 0 Å². The first-order valence-corrected chi connectivity index (χ1v) is 6.71. The second-order valence-electron chi connectivity index (χ2n) is 5.03. The van der Waals surface area contributed by atoms with Gasteiger partial charge < -0.3 is 14.6 Å². The number of aromatic nitrogens is 2. The van der Waals surface area contributed by atoms with Crippen molar-refractivity contribution in [3.05, 3.63) is 43.0 Å². The van der Waals surface area contributed by atoms with Gasteiger partial charge in [-0.3, -0.25) is 0 Å². The fourth-order valence-corrected chi connectivity index (χ4v) is 2.40. The molecule has 1 atom stereocenters. The highest BCUT2D eigenvalue weighted by molar-refractivity contribution is 5.61. The normalized spacial score (nSPS) is 16.3. The number of rotatable bonds is 6. The predicted molar refractivity (Wildman–Crippen MR) is 75.6 cm³/mol. The lowest BCUT2D eigenvalue weighted by Gasteiger charge is -2.21. The fourth-order valence-electron chi connectivity index (χ4n) is 2.40. The van der Waals surface area contributed by atoms with E-state index < -0.39 is 0 Å². The van der Waals surface area contributed by atoms with Crippen LogP contribution in [0.25, 0.3) is 5.69 Å². The molecule has 1 aliphatic rings. The molecule has 1 saturated carbocycles. The van der Waals surface area contributed by atoms with Crippen LogP contribution in [0.4, 0.5) is 5.69 Å². The molecule has 3 rings (SSSR count). The van der Waals surface area contributed by atoms with E-state index in [9.17, 15) is 0 Å². The molecule has 0 bridgehead atoms. The molecule has 19 heavy (non-hydrogen) atoms. The maximum absolute atomic E-state index is 5.33.